The van der Waals surface area contributed by atoms with Gasteiger partial charge in [-0.3, -0.25) is 0 Å². The second kappa shape index (κ2) is 8.81. The molecule has 0 saturated heterocycles. The lowest BCUT2D eigenvalue weighted by Crippen LogP contribution is -2.11. The Morgan fingerprint density at radius 2 is 1.07 bits per heavy atom. The minimum Gasteiger partial charge on any atom is -0.310 e. The van der Waals surface area contributed by atoms with Crippen LogP contribution >= 0.6 is 0 Å². The molecule has 2 heteroatoms. The molecule has 28 heavy (non-hydrogen) atoms. The van der Waals surface area contributed by atoms with E-state index in [1.54, 1.807) is 0 Å². The molecule has 0 bridgehead atoms. The number of para-hydroxylation sites is 2. The summed E-state index contributed by atoms with van der Waals surface area (Å²) in [5.41, 5.74) is 4.93. The fourth-order valence-corrected chi connectivity index (χ4v) is 4.84. The van der Waals surface area contributed by atoms with Gasteiger partial charge < -0.3 is 4.90 Å². The van der Waals surface area contributed by atoms with Crippen molar-refractivity contribution in [2.24, 2.45) is 0 Å². The van der Waals surface area contributed by atoms with Crippen LogP contribution in [-0.2, 0) is 16.6 Å². The Kier molecular flexibility index (Phi) is 5.79. The van der Waals surface area contributed by atoms with Gasteiger partial charge in [-0.2, -0.15) is 0 Å². The quantitative estimate of drug-likeness (QED) is 0.326. The molecule has 4 rings (SSSR count). The molecule has 4 aromatic carbocycles. The molecule has 138 valence electrons. The number of anilines is 3. The predicted molar refractivity (Wildman–Crippen MR) is 123 cm³/mol. The van der Waals surface area contributed by atoms with Crippen molar-refractivity contribution in [3.05, 3.63) is 121 Å². The predicted octanol–water partition coefficient (Wildman–Crippen LogP) is 6.96. The zero-order chi connectivity index (χ0) is 19.2. The molecule has 0 spiro atoms. The molecule has 0 aliphatic carbocycles. The van der Waals surface area contributed by atoms with Crippen LogP contribution in [0.15, 0.2) is 120 Å². The molecule has 4 aromatic rings. The summed E-state index contributed by atoms with van der Waals surface area (Å²) >= 11 is 0. The van der Waals surface area contributed by atoms with Gasteiger partial charge in [0.05, 0.1) is 5.69 Å². The van der Waals surface area contributed by atoms with Gasteiger partial charge in [-0.1, -0.05) is 72.8 Å². The minimum atomic E-state index is 0.149. The van der Waals surface area contributed by atoms with Crippen molar-refractivity contribution >= 4 is 28.0 Å². The van der Waals surface area contributed by atoms with E-state index >= 15 is 0 Å². The normalized spacial score (nSPS) is 11.8. The fourth-order valence-electron chi connectivity index (χ4n) is 3.35. The average Bonchev–Trinajstić information content (AvgIpc) is 2.76. The molecule has 0 aliphatic rings. The summed E-state index contributed by atoms with van der Waals surface area (Å²) in [6, 6.07) is 40.9. The Labute approximate surface area is 170 Å². The highest BCUT2D eigenvalue weighted by Crippen LogP contribution is 2.35. The first-order chi connectivity index (χ1) is 13.8. The Balaban J connectivity index is 1.69. The molecule has 1 nitrogen and oxygen atoms in total. The van der Waals surface area contributed by atoms with Crippen LogP contribution in [-0.4, -0.2) is 6.26 Å². The minimum absolute atomic E-state index is 0.149. The summed E-state index contributed by atoms with van der Waals surface area (Å²) in [4.78, 5) is 3.71. The van der Waals surface area contributed by atoms with Gasteiger partial charge in [-0.25, -0.2) is 0 Å². The van der Waals surface area contributed by atoms with Gasteiger partial charge >= 0.3 is 0 Å². The standard InChI is InChI=1S/C26H24NS/c1-28(21-22-12-5-2-6-13-22)26-19-11-18-25(20-26)27(23-14-7-3-8-15-23)24-16-9-4-10-17-24/h2-20H,21H2,1H3/q+1. The average molecular weight is 383 g/mol. The number of hydrogen-bond donors (Lipinski definition) is 0. The smallest absolute Gasteiger partial charge is 0.157 e. The largest absolute Gasteiger partial charge is 0.310 e. The summed E-state index contributed by atoms with van der Waals surface area (Å²) in [7, 11) is 0.149. The van der Waals surface area contributed by atoms with Crippen LogP contribution in [0, 0.1) is 0 Å². The fraction of sp³-hybridized carbons (Fsp3) is 0.0769. The van der Waals surface area contributed by atoms with Crippen molar-refractivity contribution in [2.75, 3.05) is 11.2 Å². The number of hydrogen-bond acceptors (Lipinski definition) is 1. The van der Waals surface area contributed by atoms with Gasteiger partial charge in [0.2, 0.25) is 0 Å². The van der Waals surface area contributed by atoms with Gasteiger partial charge in [0, 0.05) is 33.9 Å². The van der Waals surface area contributed by atoms with E-state index in [4.69, 9.17) is 0 Å². The third-order valence-corrected chi connectivity index (χ3v) is 6.56. The molecule has 1 unspecified atom stereocenters. The van der Waals surface area contributed by atoms with E-state index in [0.29, 0.717) is 0 Å². The topological polar surface area (TPSA) is 3.24 Å². The number of rotatable bonds is 6. The van der Waals surface area contributed by atoms with Crippen molar-refractivity contribution in [2.45, 2.75) is 10.6 Å². The van der Waals surface area contributed by atoms with Crippen LogP contribution in [0.4, 0.5) is 17.1 Å². The van der Waals surface area contributed by atoms with E-state index < -0.39 is 0 Å². The van der Waals surface area contributed by atoms with Gasteiger partial charge in [-0.05, 0) is 36.4 Å². The van der Waals surface area contributed by atoms with Crippen molar-refractivity contribution < 1.29 is 0 Å². The monoisotopic (exact) mass is 382 g/mol. The summed E-state index contributed by atoms with van der Waals surface area (Å²) in [5.74, 6) is 1.07. The Bertz CT molecular complexity index is 961. The van der Waals surface area contributed by atoms with Crippen LogP contribution in [0.1, 0.15) is 5.56 Å². The molecule has 0 amide bonds. The molecular formula is C26H24NS+. The lowest BCUT2D eigenvalue weighted by Gasteiger charge is -2.25. The summed E-state index contributed by atoms with van der Waals surface area (Å²) in [5, 5.41) is 0. The maximum absolute atomic E-state index is 2.34. The Morgan fingerprint density at radius 3 is 1.64 bits per heavy atom. The zero-order valence-corrected chi connectivity index (χ0v) is 16.8. The van der Waals surface area contributed by atoms with Crippen LogP contribution in [0.2, 0.25) is 0 Å². The first-order valence-corrected chi connectivity index (χ1v) is 11.3. The number of benzene rings is 4. The maximum atomic E-state index is 2.34. The number of nitrogens with zero attached hydrogens (tertiary/aromatic N) is 1. The summed E-state index contributed by atoms with van der Waals surface area (Å²) < 4.78 is 0. The highest BCUT2D eigenvalue weighted by molar-refractivity contribution is 7.95. The van der Waals surface area contributed by atoms with Crippen molar-refractivity contribution in [3.8, 4) is 0 Å². The van der Waals surface area contributed by atoms with Crippen LogP contribution in [0.5, 0.6) is 0 Å². The Morgan fingerprint density at radius 1 is 0.571 bits per heavy atom. The van der Waals surface area contributed by atoms with Crippen LogP contribution < -0.4 is 4.90 Å². The van der Waals surface area contributed by atoms with Gasteiger partial charge in [0.15, 0.2) is 4.90 Å². The SMILES string of the molecule is C[S+](Cc1ccccc1)c1cccc(N(c2ccccc2)c2ccccc2)c1. The summed E-state index contributed by atoms with van der Waals surface area (Å²) in [6.45, 7) is 0. The van der Waals surface area contributed by atoms with Crippen molar-refractivity contribution in [1.29, 1.82) is 0 Å². The van der Waals surface area contributed by atoms with E-state index in [9.17, 15) is 0 Å². The highest BCUT2D eigenvalue weighted by atomic mass is 32.2. The first kappa shape index (κ1) is 18.4. The third kappa shape index (κ3) is 4.29. The van der Waals surface area contributed by atoms with E-state index in [2.05, 4.69) is 126 Å². The van der Waals surface area contributed by atoms with Crippen molar-refractivity contribution in [3.63, 3.8) is 0 Å². The van der Waals surface area contributed by atoms with Gasteiger partial charge in [0.1, 0.15) is 12.0 Å². The molecule has 0 heterocycles. The molecular weight excluding hydrogens is 358 g/mol. The lowest BCUT2D eigenvalue weighted by molar-refractivity contribution is 1.25. The second-order valence-corrected chi connectivity index (χ2v) is 8.81. The molecule has 0 N–H and O–H groups in total. The van der Waals surface area contributed by atoms with E-state index in [0.717, 1.165) is 5.75 Å². The van der Waals surface area contributed by atoms with Crippen LogP contribution in [0.3, 0.4) is 0 Å². The van der Waals surface area contributed by atoms with Gasteiger partial charge in [0.25, 0.3) is 0 Å². The van der Waals surface area contributed by atoms with Crippen LogP contribution in [0.25, 0.3) is 0 Å². The lowest BCUT2D eigenvalue weighted by atomic mass is 10.2. The van der Waals surface area contributed by atoms with E-state index in [-0.39, 0.29) is 10.9 Å². The molecule has 0 aromatic heterocycles. The van der Waals surface area contributed by atoms with E-state index in [1.165, 1.54) is 27.5 Å². The Hall–Kier alpha value is -2.97. The third-order valence-electron chi connectivity index (χ3n) is 4.73. The molecule has 0 radical (unpaired) electrons. The molecule has 0 aliphatic heterocycles. The first-order valence-electron chi connectivity index (χ1n) is 9.48. The molecule has 0 fully saturated rings. The zero-order valence-electron chi connectivity index (χ0n) is 16.0. The van der Waals surface area contributed by atoms with Gasteiger partial charge in [-0.15, -0.1) is 0 Å². The summed E-state index contributed by atoms with van der Waals surface area (Å²) in [6.07, 6.45) is 2.33. The van der Waals surface area contributed by atoms with E-state index in [1.807, 2.05) is 0 Å². The maximum Gasteiger partial charge on any atom is 0.157 e. The second-order valence-electron chi connectivity index (χ2n) is 6.77. The highest BCUT2D eigenvalue weighted by Gasteiger charge is 2.19. The molecule has 0 saturated carbocycles. The molecule has 1 atom stereocenters. The van der Waals surface area contributed by atoms with Crippen molar-refractivity contribution in [1.82, 2.24) is 0 Å².